The second-order valence-electron chi connectivity index (χ2n) is 6.60. The maximum Gasteiger partial charge on any atom is 0.256 e. The van der Waals surface area contributed by atoms with Crippen molar-refractivity contribution >= 4 is 32.1 Å². The van der Waals surface area contributed by atoms with Crippen molar-refractivity contribution in [3.8, 4) is 6.07 Å². The predicted octanol–water partition coefficient (Wildman–Crippen LogP) is 3.93. The fourth-order valence-corrected chi connectivity index (χ4v) is 5.31. The first kappa shape index (κ1) is 18.6. The SMILES string of the molecule is CC(C)S(=O)(=O)c1ccc(C(=O)Nc2sc3c(c2C#N)CCCC3)cc1. The van der Waals surface area contributed by atoms with Gasteiger partial charge in [-0.3, -0.25) is 4.79 Å². The van der Waals surface area contributed by atoms with Gasteiger partial charge in [-0.2, -0.15) is 5.26 Å². The Kier molecular flexibility index (Phi) is 5.17. The number of hydrogen-bond donors (Lipinski definition) is 1. The van der Waals surface area contributed by atoms with Gasteiger partial charge in [0.05, 0.1) is 15.7 Å². The lowest BCUT2D eigenvalue weighted by Gasteiger charge is -2.09. The first-order chi connectivity index (χ1) is 12.3. The molecule has 3 rings (SSSR count). The van der Waals surface area contributed by atoms with Crippen LogP contribution >= 0.6 is 11.3 Å². The van der Waals surface area contributed by atoms with Crippen LogP contribution in [0.25, 0.3) is 0 Å². The molecule has 1 heterocycles. The van der Waals surface area contributed by atoms with Gasteiger partial charge in [-0.1, -0.05) is 0 Å². The lowest BCUT2D eigenvalue weighted by Crippen LogP contribution is -2.15. The van der Waals surface area contributed by atoms with Gasteiger partial charge in [-0.25, -0.2) is 8.42 Å². The van der Waals surface area contributed by atoms with E-state index in [4.69, 9.17) is 0 Å². The predicted molar refractivity (Wildman–Crippen MR) is 102 cm³/mol. The lowest BCUT2D eigenvalue weighted by atomic mass is 9.96. The number of fused-ring (bicyclic) bond motifs is 1. The van der Waals surface area contributed by atoms with Crippen molar-refractivity contribution in [1.29, 1.82) is 5.26 Å². The number of carbonyl (C=O) groups excluding carboxylic acids is 1. The first-order valence-corrected chi connectivity index (χ1v) is 10.9. The highest BCUT2D eigenvalue weighted by atomic mass is 32.2. The van der Waals surface area contributed by atoms with Crippen molar-refractivity contribution in [1.82, 2.24) is 0 Å². The summed E-state index contributed by atoms with van der Waals surface area (Å²) in [6.07, 6.45) is 4.01. The molecule has 0 bridgehead atoms. The number of nitriles is 1. The molecule has 0 saturated carbocycles. The van der Waals surface area contributed by atoms with E-state index in [9.17, 15) is 18.5 Å². The number of aryl methyl sites for hydroxylation is 1. The molecule has 26 heavy (non-hydrogen) atoms. The standard InChI is InChI=1S/C19H20N2O3S2/c1-12(2)26(23,24)14-9-7-13(8-10-14)18(22)21-19-16(11-20)15-5-3-4-6-17(15)25-19/h7-10,12H,3-6H2,1-2H3,(H,21,22). The minimum Gasteiger partial charge on any atom is -0.312 e. The summed E-state index contributed by atoms with van der Waals surface area (Å²) in [7, 11) is -3.36. The number of thiophene rings is 1. The number of anilines is 1. The second-order valence-corrected chi connectivity index (χ2v) is 10.2. The highest BCUT2D eigenvalue weighted by molar-refractivity contribution is 7.92. The monoisotopic (exact) mass is 388 g/mol. The zero-order valence-corrected chi connectivity index (χ0v) is 16.3. The van der Waals surface area contributed by atoms with Gasteiger partial charge in [0.25, 0.3) is 5.91 Å². The van der Waals surface area contributed by atoms with Gasteiger partial charge in [0, 0.05) is 10.4 Å². The van der Waals surface area contributed by atoms with E-state index in [1.54, 1.807) is 13.8 Å². The van der Waals surface area contributed by atoms with Crippen LogP contribution in [0.4, 0.5) is 5.00 Å². The number of amides is 1. The number of sulfone groups is 1. The molecule has 7 heteroatoms. The van der Waals surface area contributed by atoms with Crippen LogP contribution in [0.2, 0.25) is 0 Å². The number of benzene rings is 1. The van der Waals surface area contributed by atoms with E-state index in [1.165, 1.54) is 40.5 Å². The van der Waals surface area contributed by atoms with Crippen molar-refractivity contribution in [3.63, 3.8) is 0 Å². The number of carbonyl (C=O) groups is 1. The van der Waals surface area contributed by atoms with E-state index in [1.807, 2.05) is 0 Å². The number of hydrogen-bond acceptors (Lipinski definition) is 5. The second kappa shape index (κ2) is 7.22. The van der Waals surface area contributed by atoms with Crippen LogP contribution in [-0.4, -0.2) is 19.6 Å². The summed E-state index contributed by atoms with van der Waals surface area (Å²) in [5.41, 5.74) is 2.00. The largest absolute Gasteiger partial charge is 0.312 e. The fourth-order valence-electron chi connectivity index (χ4n) is 3.02. The summed E-state index contributed by atoms with van der Waals surface area (Å²) in [6.45, 7) is 3.25. The molecule has 1 aromatic heterocycles. The summed E-state index contributed by atoms with van der Waals surface area (Å²) in [5, 5.41) is 12.4. The summed E-state index contributed by atoms with van der Waals surface area (Å²) in [6, 6.07) is 8.13. The Morgan fingerprint density at radius 2 is 1.85 bits per heavy atom. The Balaban J connectivity index is 1.83. The van der Waals surface area contributed by atoms with Crippen molar-refractivity contribution < 1.29 is 13.2 Å². The van der Waals surface area contributed by atoms with Crippen molar-refractivity contribution in [3.05, 3.63) is 45.8 Å². The Bertz CT molecular complexity index is 981. The zero-order chi connectivity index (χ0) is 18.9. The van der Waals surface area contributed by atoms with Crippen LogP contribution in [0, 0.1) is 11.3 Å². The Morgan fingerprint density at radius 1 is 1.19 bits per heavy atom. The molecular formula is C19H20N2O3S2. The summed E-state index contributed by atoms with van der Waals surface area (Å²) >= 11 is 1.47. The van der Waals surface area contributed by atoms with Crippen LogP contribution in [0.15, 0.2) is 29.2 Å². The third-order valence-corrected chi connectivity index (χ3v) is 7.95. The van der Waals surface area contributed by atoms with E-state index in [0.717, 1.165) is 31.2 Å². The average molecular weight is 389 g/mol. The summed E-state index contributed by atoms with van der Waals surface area (Å²) < 4.78 is 24.3. The number of rotatable bonds is 4. The Labute approximate surface area is 157 Å². The molecule has 0 aliphatic heterocycles. The van der Waals surface area contributed by atoms with Gasteiger partial charge in [0.1, 0.15) is 11.1 Å². The van der Waals surface area contributed by atoms with Crippen LogP contribution in [0.1, 0.15) is 53.1 Å². The van der Waals surface area contributed by atoms with E-state index < -0.39 is 15.1 Å². The maximum atomic E-state index is 12.5. The Hall–Kier alpha value is -2.17. The van der Waals surface area contributed by atoms with Crippen LogP contribution < -0.4 is 5.32 Å². The molecule has 0 atom stereocenters. The third kappa shape index (κ3) is 3.39. The van der Waals surface area contributed by atoms with Gasteiger partial charge in [-0.15, -0.1) is 11.3 Å². The molecule has 1 aromatic carbocycles. The van der Waals surface area contributed by atoms with E-state index in [2.05, 4.69) is 11.4 Å². The summed E-state index contributed by atoms with van der Waals surface area (Å²) in [5.74, 6) is -0.339. The number of nitrogens with zero attached hydrogens (tertiary/aromatic N) is 1. The van der Waals surface area contributed by atoms with E-state index in [0.29, 0.717) is 16.1 Å². The number of nitrogens with one attached hydrogen (secondary N) is 1. The van der Waals surface area contributed by atoms with Crippen LogP contribution in [0.5, 0.6) is 0 Å². The zero-order valence-electron chi connectivity index (χ0n) is 14.7. The maximum absolute atomic E-state index is 12.5. The van der Waals surface area contributed by atoms with E-state index in [-0.39, 0.29) is 10.8 Å². The third-order valence-electron chi connectivity index (χ3n) is 4.58. The van der Waals surface area contributed by atoms with Gasteiger partial charge >= 0.3 is 0 Å². The van der Waals surface area contributed by atoms with E-state index >= 15 is 0 Å². The molecule has 136 valence electrons. The molecule has 0 radical (unpaired) electrons. The molecule has 1 aliphatic carbocycles. The smallest absolute Gasteiger partial charge is 0.256 e. The minimum atomic E-state index is -3.36. The molecule has 0 saturated heterocycles. The summed E-state index contributed by atoms with van der Waals surface area (Å²) in [4.78, 5) is 13.9. The van der Waals surface area contributed by atoms with Gasteiger partial charge < -0.3 is 5.32 Å². The molecule has 0 unspecified atom stereocenters. The quantitative estimate of drug-likeness (QED) is 0.859. The average Bonchev–Trinajstić information content (AvgIpc) is 2.98. The van der Waals surface area contributed by atoms with Crippen molar-refractivity contribution in [2.45, 2.75) is 49.7 Å². The molecular weight excluding hydrogens is 368 g/mol. The highest BCUT2D eigenvalue weighted by Crippen LogP contribution is 2.37. The first-order valence-electron chi connectivity index (χ1n) is 8.54. The van der Waals surface area contributed by atoms with Crippen LogP contribution in [-0.2, 0) is 22.7 Å². The molecule has 0 fully saturated rings. The van der Waals surface area contributed by atoms with Crippen molar-refractivity contribution in [2.24, 2.45) is 0 Å². The normalized spacial score (nSPS) is 13.9. The molecule has 1 N–H and O–H groups in total. The molecule has 0 spiro atoms. The van der Waals surface area contributed by atoms with Crippen LogP contribution in [0.3, 0.4) is 0 Å². The minimum absolute atomic E-state index is 0.202. The van der Waals surface area contributed by atoms with Gasteiger partial charge in [-0.05, 0) is 69.4 Å². The highest BCUT2D eigenvalue weighted by Gasteiger charge is 2.23. The molecule has 1 aliphatic rings. The lowest BCUT2D eigenvalue weighted by molar-refractivity contribution is 0.102. The van der Waals surface area contributed by atoms with Crippen molar-refractivity contribution in [2.75, 3.05) is 5.32 Å². The van der Waals surface area contributed by atoms with Gasteiger partial charge in [0.2, 0.25) is 0 Å². The molecule has 1 amide bonds. The topological polar surface area (TPSA) is 87.0 Å². The molecule has 5 nitrogen and oxygen atoms in total. The molecule has 2 aromatic rings. The fraction of sp³-hybridized carbons (Fsp3) is 0.368. The Morgan fingerprint density at radius 3 is 2.46 bits per heavy atom. The van der Waals surface area contributed by atoms with Gasteiger partial charge in [0.15, 0.2) is 9.84 Å².